The maximum Gasteiger partial charge on any atom is 0.356 e. The monoisotopic (exact) mass is 291 g/mol. The Kier molecular flexibility index (Phi) is 4.29. The van der Waals surface area contributed by atoms with Crippen molar-refractivity contribution in [3.8, 4) is 5.69 Å². The Morgan fingerprint density at radius 2 is 2.00 bits per heavy atom. The van der Waals surface area contributed by atoms with E-state index < -0.39 is 10.9 Å². The number of rotatable bonds is 6. The summed E-state index contributed by atoms with van der Waals surface area (Å²) in [7, 11) is 0. The van der Waals surface area contributed by atoms with Crippen LogP contribution in [0.2, 0.25) is 0 Å². The molecule has 1 aromatic carbocycles. The smallest absolute Gasteiger partial charge is 0.356 e. The number of carboxylic acids is 1. The third-order valence-electron chi connectivity index (χ3n) is 2.92. The predicted molar refractivity (Wildman–Crippen MR) is 72.6 cm³/mol. The molecule has 0 aliphatic heterocycles. The second-order valence-electron chi connectivity index (χ2n) is 4.35. The molecular weight excluding hydrogens is 278 g/mol. The molecule has 8 heteroatoms. The van der Waals surface area contributed by atoms with Crippen molar-refractivity contribution in [1.29, 1.82) is 0 Å². The lowest BCUT2D eigenvalue weighted by Crippen LogP contribution is -2.03. The van der Waals surface area contributed by atoms with Crippen LogP contribution in [0, 0.1) is 10.1 Å². The molecule has 0 aliphatic rings. The molecular formula is C13H13N3O5. The number of non-ortho nitro benzene ring substituents is 1. The van der Waals surface area contributed by atoms with Gasteiger partial charge in [-0.2, -0.15) is 5.10 Å². The molecule has 0 radical (unpaired) electrons. The molecule has 0 saturated heterocycles. The molecule has 0 aliphatic carbocycles. The minimum absolute atomic E-state index is 0.0399. The highest BCUT2D eigenvalue weighted by Gasteiger charge is 2.16. The van der Waals surface area contributed by atoms with E-state index in [0.29, 0.717) is 24.1 Å². The highest BCUT2D eigenvalue weighted by molar-refractivity contribution is 5.87. The summed E-state index contributed by atoms with van der Waals surface area (Å²) in [6, 6.07) is 5.63. The van der Waals surface area contributed by atoms with Crippen LogP contribution in [-0.2, 0) is 6.42 Å². The number of aliphatic hydroxyl groups excluding tert-OH is 1. The van der Waals surface area contributed by atoms with Crippen molar-refractivity contribution in [2.75, 3.05) is 6.61 Å². The predicted octanol–water partition coefficient (Wildman–Crippen LogP) is 1.40. The third-order valence-corrected chi connectivity index (χ3v) is 2.92. The number of nitro benzene ring substituents is 1. The van der Waals surface area contributed by atoms with Crippen LogP contribution >= 0.6 is 0 Å². The number of aromatic nitrogens is 2. The van der Waals surface area contributed by atoms with Crippen LogP contribution < -0.4 is 0 Å². The molecule has 1 aromatic heterocycles. The average molecular weight is 291 g/mol. The van der Waals surface area contributed by atoms with Crippen molar-refractivity contribution >= 4 is 11.7 Å². The zero-order valence-electron chi connectivity index (χ0n) is 11.0. The summed E-state index contributed by atoms with van der Waals surface area (Å²) in [4.78, 5) is 21.2. The number of aryl methyl sites for hydroxylation is 1. The Bertz CT molecular complexity index is 663. The lowest BCUT2D eigenvalue weighted by molar-refractivity contribution is -0.384. The molecule has 0 fully saturated rings. The SMILES string of the molecule is O=C(O)c1nn(-c2ccc([N+](=O)[O-])cc2)cc1CCCO. The number of aliphatic hydroxyl groups is 1. The summed E-state index contributed by atoms with van der Waals surface area (Å²) in [6.07, 6.45) is 2.39. The van der Waals surface area contributed by atoms with Crippen LogP contribution in [0.25, 0.3) is 5.69 Å². The zero-order chi connectivity index (χ0) is 15.4. The van der Waals surface area contributed by atoms with Gasteiger partial charge in [-0.1, -0.05) is 0 Å². The molecule has 2 N–H and O–H groups in total. The summed E-state index contributed by atoms with van der Waals surface area (Å²) in [6.45, 7) is -0.0399. The molecule has 8 nitrogen and oxygen atoms in total. The van der Waals surface area contributed by atoms with E-state index in [2.05, 4.69) is 5.10 Å². The summed E-state index contributed by atoms with van der Waals surface area (Å²) < 4.78 is 1.36. The molecule has 0 saturated carbocycles. The molecule has 21 heavy (non-hydrogen) atoms. The molecule has 1 heterocycles. The number of carboxylic acid groups (broad SMARTS) is 1. The second kappa shape index (κ2) is 6.14. The van der Waals surface area contributed by atoms with Crippen molar-refractivity contribution in [2.45, 2.75) is 12.8 Å². The van der Waals surface area contributed by atoms with Gasteiger partial charge in [0.1, 0.15) is 0 Å². The number of nitro groups is 1. The Morgan fingerprint density at radius 1 is 1.33 bits per heavy atom. The van der Waals surface area contributed by atoms with Crippen LogP contribution in [0.5, 0.6) is 0 Å². The molecule has 0 amide bonds. The largest absolute Gasteiger partial charge is 0.476 e. The molecule has 0 spiro atoms. The van der Waals surface area contributed by atoms with Crippen LogP contribution in [0.3, 0.4) is 0 Å². The highest BCUT2D eigenvalue weighted by Crippen LogP contribution is 2.17. The standard InChI is InChI=1S/C13H13N3O5/c17-7-1-2-9-8-15(14-12(9)13(18)19)10-3-5-11(6-4-10)16(20)21/h3-6,8,17H,1-2,7H2,(H,18,19). The van der Waals surface area contributed by atoms with Crippen LogP contribution in [0.4, 0.5) is 5.69 Å². The fourth-order valence-electron chi connectivity index (χ4n) is 1.90. The van der Waals surface area contributed by atoms with Gasteiger partial charge in [0.25, 0.3) is 5.69 Å². The van der Waals surface area contributed by atoms with Crippen LogP contribution in [-0.4, -0.2) is 37.5 Å². The van der Waals surface area contributed by atoms with Gasteiger partial charge in [-0.05, 0) is 25.0 Å². The van der Waals surface area contributed by atoms with Gasteiger partial charge in [-0.25, -0.2) is 9.48 Å². The minimum atomic E-state index is -1.15. The molecule has 2 rings (SSSR count). The van der Waals surface area contributed by atoms with Gasteiger partial charge < -0.3 is 10.2 Å². The van der Waals surface area contributed by atoms with Gasteiger partial charge in [-0.3, -0.25) is 10.1 Å². The molecule has 0 bridgehead atoms. The van der Waals surface area contributed by atoms with Crippen molar-refractivity contribution in [3.05, 3.63) is 51.8 Å². The van der Waals surface area contributed by atoms with E-state index in [-0.39, 0.29) is 18.0 Å². The summed E-state index contributed by atoms with van der Waals surface area (Å²) in [5, 5.41) is 32.5. The van der Waals surface area contributed by atoms with E-state index in [9.17, 15) is 14.9 Å². The lowest BCUT2D eigenvalue weighted by atomic mass is 10.1. The van der Waals surface area contributed by atoms with Gasteiger partial charge in [0.05, 0.1) is 10.6 Å². The van der Waals surface area contributed by atoms with E-state index in [1.165, 1.54) is 28.9 Å². The minimum Gasteiger partial charge on any atom is -0.476 e. The van der Waals surface area contributed by atoms with Gasteiger partial charge >= 0.3 is 5.97 Å². The van der Waals surface area contributed by atoms with E-state index >= 15 is 0 Å². The number of nitrogens with zero attached hydrogens (tertiary/aromatic N) is 3. The lowest BCUT2D eigenvalue weighted by Gasteiger charge is -2.00. The van der Waals surface area contributed by atoms with E-state index in [1.807, 2.05) is 0 Å². The van der Waals surface area contributed by atoms with Crippen LogP contribution in [0.1, 0.15) is 22.5 Å². The summed E-state index contributed by atoms with van der Waals surface area (Å²) in [5.41, 5.74) is 0.903. The van der Waals surface area contributed by atoms with Gasteiger partial charge in [-0.15, -0.1) is 0 Å². The van der Waals surface area contributed by atoms with E-state index in [4.69, 9.17) is 10.2 Å². The molecule has 110 valence electrons. The van der Waals surface area contributed by atoms with E-state index in [0.717, 1.165) is 0 Å². The Balaban J connectivity index is 2.35. The zero-order valence-corrected chi connectivity index (χ0v) is 11.0. The Hall–Kier alpha value is -2.74. The maximum absolute atomic E-state index is 11.1. The van der Waals surface area contributed by atoms with Crippen molar-refractivity contribution in [2.24, 2.45) is 0 Å². The number of hydrogen-bond donors (Lipinski definition) is 2. The second-order valence-corrected chi connectivity index (χ2v) is 4.35. The average Bonchev–Trinajstić information content (AvgIpc) is 2.89. The Morgan fingerprint density at radius 3 is 2.52 bits per heavy atom. The molecule has 0 atom stereocenters. The van der Waals surface area contributed by atoms with Crippen molar-refractivity contribution in [1.82, 2.24) is 9.78 Å². The van der Waals surface area contributed by atoms with Crippen molar-refractivity contribution < 1.29 is 19.9 Å². The fraction of sp³-hybridized carbons (Fsp3) is 0.231. The molecule has 0 unspecified atom stereocenters. The maximum atomic E-state index is 11.1. The first-order chi connectivity index (χ1) is 10.0. The van der Waals surface area contributed by atoms with Gasteiger partial charge in [0.15, 0.2) is 5.69 Å². The number of hydrogen-bond acceptors (Lipinski definition) is 5. The van der Waals surface area contributed by atoms with Gasteiger partial charge in [0, 0.05) is 30.5 Å². The van der Waals surface area contributed by atoms with Crippen molar-refractivity contribution in [3.63, 3.8) is 0 Å². The molecule has 2 aromatic rings. The number of benzene rings is 1. The topological polar surface area (TPSA) is 118 Å². The summed E-state index contributed by atoms with van der Waals surface area (Å²) >= 11 is 0. The first kappa shape index (κ1) is 14.7. The number of aromatic carboxylic acids is 1. The van der Waals surface area contributed by atoms with Gasteiger partial charge in [0.2, 0.25) is 0 Å². The quantitative estimate of drug-likeness (QED) is 0.613. The summed E-state index contributed by atoms with van der Waals surface area (Å²) in [5.74, 6) is -1.15. The number of carbonyl (C=O) groups is 1. The Labute approximate surface area is 119 Å². The first-order valence-electron chi connectivity index (χ1n) is 6.20. The van der Waals surface area contributed by atoms with Crippen LogP contribution in [0.15, 0.2) is 30.5 Å². The fourth-order valence-corrected chi connectivity index (χ4v) is 1.90. The third kappa shape index (κ3) is 3.23. The first-order valence-corrected chi connectivity index (χ1v) is 6.20. The van der Waals surface area contributed by atoms with E-state index in [1.54, 1.807) is 6.20 Å². The normalized spacial score (nSPS) is 10.5. The highest BCUT2D eigenvalue weighted by atomic mass is 16.6.